The highest BCUT2D eigenvalue weighted by molar-refractivity contribution is 5.93. The third kappa shape index (κ3) is 9.50. The predicted molar refractivity (Wildman–Crippen MR) is 160 cm³/mol. The minimum absolute atomic E-state index is 0.178. The molecular formula is C33H34N4O5. The van der Waals surface area contributed by atoms with Gasteiger partial charge in [0, 0.05) is 18.8 Å². The van der Waals surface area contributed by atoms with E-state index < -0.39 is 17.8 Å². The lowest BCUT2D eigenvalue weighted by atomic mass is 10.1. The zero-order valence-electron chi connectivity index (χ0n) is 23.2. The first-order valence-corrected chi connectivity index (χ1v) is 13.7. The second kappa shape index (κ2) is 15.6. The quantitative estimate of drug-likeness (QED) is 0.147. The highest BCUT2D eigenvalue weighted by atomic mass is 16.5. The van der Waals surface area contributed by atoms with Gasteiger partial charge in [-0.3, -0.25) is 14.8 Å². The van der Waals surface area contributed by atoms with Gasteiger partial charge in [-0.2, -0.15) is 0 Å². The summed E-state index contributed by atoms with van der Waals surface area (Å²) in [7, 11) is 0. The van der Waals surface area contributed by atoms with Crippen molar-refractivity contribution in [1.29, 1.82) is 0 Å². The molecule has 0 saturated heterocycles. The maximum atomic E-state index is 13.4. The van der Waals surface area contributed by atoms with Crippen LogP contribution in [0.15, 0.2) is 115 Å². The average molecular weight is 567 g/mol. The molecular weight excluding hydrogens is 532 g/mol. The molecule has 0 aliphatic carbocycles. The number of anilines is 1. The Morgan fingerprint density at radius 2 is 1.24 bits per heavy atom. The minimum Gasteiger partial charge on any atom is -0.457 e. The van der Waals surface area contributed by atoms with Gasteiger partial charge in [-0.15, -0.1) is 0 Å². The van der Waals surface area contributed by atoms with Gasteiger partial charge in [0.15, 0.2) is 0 Å². The number of ether oxygens (including phenoxy) is 1. The highest BCUT2D eigenvalue weighted by Gasteiger charge is 2.23. The molecule has 4 aromatic carbocycles. The van der Waals surface area contributed by atoms with E-state index in [1.807, 2.05) is 91.0 Å². The Balaban J connectivity index is 1.44. The van der Waals surface area contributed by atoms with Gasteiger partial charge in [-0.1, -0.05) is 78.9 Å². The summed E-state index contributed by atoms with van der Waals surface area (Å²) in [5.41, 5.74) is 4.08. The molecule has 4 rings (SSSR count). The van der Waals surface area contributed by atoms with Crippen LogP contribution in [0.1, 0.15) is 17.5 Å². The molecule has 0 unspecified atom stereocenters. The topological polar surface area (TPSA) is 111 Å². The number of hydrogen-bond donors (Lipinski definition) is 3. The van der Waals surface area contributed by atoms with Crippen LogP contribution in [0.25, 0.3) is 0 Å². The summed E-state index contributed by atoms with van der Waals surface area (Å²) in [6, 6.07) is 35.0. The van der Waals surface area contributed by atoms with Crippen molar-refractivity contribution in [2.24, 2.45) is 0 Å². The van der Waals surface area contributed by atoms with E-state index in [0.29, 0.717) is 30.0 Å². The normalized spacial score (nSPS) is 10.4. The SMILES string of the molecule is O=C(CN(CCCc1ccccc1)C(=O)CN(Cc1ccccc1)C(=O)Nc1ccc(Oc2ccccc2)cc1)NO. The molecule has 4 amide bonds. The zero-order valence-corrected chi connectivity index (χ0v) is 23.2. The molecule has 0 radical (unpaired) electrons. The number of hydrogen-bond acceptors (Lipinski definition) is 5. The standard InChI is InChI=1S/C33H34N4O5/c38-31(35-41)24-36(22-10-15-26-11-4-1-5-12-26)32(39)25-37(23-27-13-6-2-7-14-27)33(40)34-28-18-20-30(21-19-28)42-29-16-8-3-9-17-29/h1-9,11-14,16-21,41H,10,15,22-25H2,(H,34,40)(H,35,38). The van der Waals surface area contributed by atoms with Crippen LogP contribution in [0.5, 0.6) is 11.5 Å². The van der Waals surface area contributed by atoms with E-state index in [2.05, 4.69) is 5.32 Å². The Hall–Kier alpha value is -5.15. The number of nitrogens with one attached hydrogen (secondary N) is 2. The number of amides is 4. The summed E-state index contributed by atoms with van der Waals surface area (Å²) in [6.07, 6.45) is 1.32. The molecule has 0 bridgehead atoms. The molecule has 3 N–H and O–H groups in total. The fraction of sp³-hybridized carbons (Fsp3) is 0.182. The Labute approximate surface area is 245 Å². The Bertz CT molecular complexity index is 1420. The van der Waals surface area contributed by atoms with Crippen molar-refractivity contribution in [1.82, 2.24) is 15.3 Å². The second-order valence-corrected chi connectivity index (χ2v) is 9.65. The second-order valence-electron chi connectivity index (χ2n) is 9.65. The van der Waals surface area contributed by atoms with Gasteiger partial charge < -0.3 is 19.9 Å². The van der Waals surface area contributed by atoms with Crippen LogP contribution < -0.4 is 15.5 Å². The van der Waals surface area contributed by atoms with Crippen LogP contribution in [-0.2, 0) is 22.6 Å². The monoisotopic (exact) mass is 566 g/mol. The maximum Gasteiger partial charge on any atom is 0.322 e. The smallest absolute Gasteiger partial charge is 0.322 e. The minimum atomic E-state index is -0.708. The summed E-state index contributed by atoms with van der Waals surface area (Å²) in [5.74, 6) is 0.193. The van der Waals surface area contributed by atoms with Gasteiger partial charge in [0.2, 0.25) is 5.91 Å². The maximum absolute atomic E-state index is 13.4. The van der Waals surface area contributed by atoms with Crippen molar-refractivity contribution in [3.8, 4) is 11.5 Å². The lowest BCUT2D eigenvalue weighted by Gasteiger charge is -2.27. The van der Waals surface area contributed by atoms with E-state index in [1.54, 1.807) is 29.7 Å². The Kier molecular flexibility index (Phi) is 11.1. The van der Waals surface area contributed by atoms with Gasteiger partial charge in [-0.25, -0.2) is 10.3 Å². The van der Waals surface area contributed by atoms with Crippen molar-refractivity contribution in [3.63, 3.8) is 0 Å². The largest absolute Gasteiger partial charge is 0.457 e. The molecule has 9 nitrogen and oxygen atoms in total. The summed E-state index contributed by atoms with van der Waals surface area (Å²) in [4.78, 5) is 41.6. The third-order valence-electron chi connectivity index (χ3n) is 6.46. The summed E-state index contributed by atoms with van der Waals surface area (Å²) < 4.78 is 5.82. The Morgan fingerprint density at radius 3 is 1.86 bits per heavy atom. The first-order valence-electron chi connectivity index (χ1n) is 13.7. The number of aryl methyl sites for hydroxylation is 1. The van der Waals surface area contributed by atoms with E-state index in [9.17, 15) is 14.4 Å². The number of para-hydroxylation sites is 1. The van der Waals surface area contributed by atoms with Crippen LogP contribution in [-0.4, -0.2) is 52.5 Å². The molecule has 0 spiro atoms. The van der Waals surface area contributed by atoms with Crippen LogP contribution in [0.3, 0.4) is 0 Å². The molecule has 42 heavy (non-hydrogen) atoms. The lowest BCUT2D eigenvalue weighted by molar-refractivity contribution is -0.139. The number of urea groups is 1. The molecule has 4 aromatic rings. The zero-order chi connectivity index (χ0) is 29.6. The lowest BCUT2D eigenvalue weighted by Crippen LogP contribution is -2.47. The summed E-state index contributed by atoms with van der Waals surface area (Å²) in [6.45, 7) is -0.129. The number of carbonyl (C=O) groups excluding carboxylic acids is 3. The molecule has 0 heterocycles. The van der Waals surface area contributed by atoms with Crippen LogP contribution >= 0.6 is 0 Å². The van der Waals surface area contributed by atoms with E-state index in [-0.39, 0.29) is 26.2 Å². The van der Waals surface area contributed by atoms with Gasteiger partial charge in [0.25, 0.3) is 5.91 Å². The average Bonchev–Trinajstić information content (AvgIpc) is 3.02. The molecule has 0 aliphatic rings. The van der Waals surface area contributed by atoms with Crippen molar-refractivity contribution in [2.45, 2.75) is 19.4 Å². The number of nitrogens with zero attached hydrogens (tertiary/aromatic N) is 2. The number of rotatable bonds is 13. The van der Waals surface area contributed by atoms with Crippen LogP contribution in [0.4, 0.5) is 10.5 Å². The highest BCUT2D eigenvalue weighted by Crippen LogP contribution is 2.23. The van der Waals surface area contributed by atoms with Crippen LogP contribution in [0.2, 0.25) is 0 Å². The first kappa shape index (κ1) is 29.8. The van der Waals surface area contributed by atoms with Crippen molar-refractivity contribution < 1.29 is 24.3 Å². The fourth-order valence-electron chi connectivity index (χ4n) is 4.32. The van der Waals surface area contributed by atoms with Crippen molar-refractivity contribution in [2.75, 3.05) is 25.0 Å². The molecule has 9 heteroatoms. The molecule has 216 valence electrons. The van der Waals surface area contributed by atoms with E-state index >= 15 is 0 Å². The van der Waals surface area contributed by atoms with Crippen LogP contribution in [0, 0.1) is 0 Å². The molecule has 0 aromatic heterocycles. The molecule has 0 fully saturated rings. The summed E-state index contributed by atoms with van der Waals surface area (Å²) in [5, 5.41) is 11.9. The first-order chi connectivity index (χ1) is 20.5. The van der Waals surface area contributed by atoms with E-state index in [4.69, 9.17) is 9.94 Å². The fourth-order valence-corrected chi connectivity index (χ4v) is 4.32. The molecule has 0 saturated carbocycles. The number of carbonyl (C=O) groups is 3. The van der Waals surface area contributed by atoms with Gasteiger partial charge in [0.1, 0.15) is 24.6 Å². The van der Waals surface area contributed by atoms with Crippen molar-refractivity contribution in [3.05, 3.63) is 126 Å². The van der Waals surface area contributed by atoms with Gasteiger partial charge >= 0.3 is 6.03 Å². The number of benzene rings is 4. The van der Waals surface area contributed by atoms with Gasteiger partial charge in [-0.05, 0) is 60.4 Å². The van der Waals surface area contributed by atoms with E-state index in [1.165, 1.54) is 9.80 Å². The third-order valence-corrected chi connectivity index (χ3v) is 6.46. The number of hydroxylamine groups is 1. The van der Waals surface area contributed by atoms with Gasteiger partial charge in [0.05, 0.1) is 0 Å². The van der Waals surface area contributed by atoms with E-state index in [0.717, 1.165) is 11.1 Å². The predicted octanol–water partition coefficient (Wildman–Crippen LogP) is 5.48. The van der Waals surface area contributed by atoms with Crippen molar-refractivity contribution >= 4 is 23.5 Å². The summed E-state index contributed by atoms with van der Waals surface area (Å²) >= 11 is 0. The molecule has 0 atom stereocenters. The molecule has 0 aliphatic heterocycles. The Morgan fingerprint density at radius 1 is 0.667 bits per heavy atom.